The predicted molar refractivity (Wildman–Crippen MR) is 77.1 cm³/mol. The largest absolute Gasteiger partial charge is 0.392 e. The van der Waals surface area contributed by atoms with Crippen molar-refractivity contribution in [2.75, 3.05) is 6.61 Å². The lowest BCUT2D eigenvalue weighted by molar-refractivity contribution is 0.330. The summed E-state index contributed by atoms with van der Waals surface area (Å²) in [5.74, 6) is 1.23. The molecule has 2 atom stereocenters. The molecule has 0 aromatic rings. The normalized spacial score (nSPS) is 15.7. The molecule has 0 aromatic carbocycles. The molecule has 17 heavy (non-hydrogen) atoms. The minimum absolute atomic E-state index is 0.183. The van der Waals surface area contributed by atoms with Gasteiger partial charge in [0.15, 0.2) is 0 Å². The molecule has 0 aliphatic rings. The van der Waals surface area contributed by atoms with Crippen LogP contribution >= 0.6 is 0 Å². The molecule has 0 heterocycles. The van der Waals surface area contributed by atoms with Crippen molar-refractivity contribution in [2.24, 2.45) is 11.8 Å². The summed E-state index contributed by atoms with van der Waals surface area (Å²) in [7, 11) is 0. The van der Waals surface area contributed by atoms with Crippen LogP contribution in [-0.4, -0.2) is 11.7 Å². The van der Waals surface area contributed by atoms with Crippen LogP contribution in [0, 0.1) is 11.8 Å². The summed E-state index contributed by atoms with van der Waals surface area (Å²) in [6.07, 6.45) is 8.17. The van der Waals surface area contributed by atoms with Gasteiger partial charge in [0.05, 0.1) is 6.61 Å². The van der Waals surface area contributed by atoms with Gasteiger partial charge >= 0.3 is 0 Å². The number of rotatable bonds is 9. The Morgan fingerprint density at radius 1 is 1.24 bits per heavy atom. The summed E-state index contributed by atoms with van der Waals surface area (Å²) in [6, 6.07) is 0. The number of aliphatic hydroxyl groups excluding tert-OH is 1. The Balaban J connectivity index is 3.96. The van der Waals surface area contributed by atoms with Crippen molar-refractivity contribution in [3.8, 4) is 0 Å². The molecule has 0 aliphatic heterocycles. The van der Waals surface area contributed by atoms with Gasteiger partial charge in [0.2, 0.25) is 0 Å². The van der Waals surface area contributed by atoms with Crippen LogP contribution in [0.25, 0.3) is 0 Å². The van der Waals surface area contributed by atoms with Crippen LogP contribution in [0.2, 0.25) is 0 Å². The quantitative estimate of drug-likeness (QED) is 0.576. The van der Waals surface area contributed by atoms with E-state index in [0.717, 1.165) is 18.4 Å². The predicted octanol–water partition coefficient (Wildman–Crippen LogP) is 4.72. The second-order valence-electron chi connectivity index (χ2n) is 5.31. The molecule has 0 aromatic heterocycles. The van der Waals surface area contributed by atoms with Crippen LogP contribution in [0.15, 0.2) is 23.8 Å². The molecule has 1 N–H and O–H groups in total. The van der Waals surface area contributed by atoms with Crippen LogP contribution < -0.4 is 0 Å². The first-order valence-corrected chi connectivity index (χ1v) is 6.98. The fraction of sp³-hybridized carbons (Fsp3) is 0.750. The van der Waals surface area contributed by atoms with Crippen LogP contribution in [0.1, 0.15) is 59.8 Å². The van der Waals surface area contributed by atoms with E-state index in [-0.39, 0.29) is 6.61 Å². The van der Waals surface area contributed by atoms with E-state index in [1.807, 2.05) is 6.92 Å². The van der Waals surface area contributed by atoms with E-state index in [9.17, 15) is 0 Å². The molecule has 1 heteroatoms. The smallest absolute Gasteiger partial charge is 0.0639 e. The first kappa shape index (κ1) is 16.4. The van der Waals surface area contributed by atoms with Gasteiger partial charge in [-0.1, -0.05) is 57.4 Å². The summed E-state index contributed by atoms with van der Waals surface area (Å²) in [5, 5.41) is 8.91. The number of hydrogen-bond donors (Lipinski definition) is 1. The Kier molecular flexibility index (Phi) is 9.16. The van der Waals surface area contributed by atoms with Crippen molar-refractivity contribution in [3.05, 3.63) is 23.8 Å². The third-order valence-electron chi connectivity index (χ3n) is 3.60. The van der Waals surface area contributed by atoms with Crippen LogP contribution in [-0.2, 0) is 0 Å². The Labute approximate surface area is 108 Å². The van der Waals surface area contributed by atoms with E-state index in [2.05, 4.69) is 33.4 Å². The van der Waals surface area contributed by atoms with Crippen LogP contribution in [0.3, 0.4) is 0 Å². The molecule has 0 saturated carbocycles. The first-order valence-electron chi connectivity index (χ1n) is 6.98. The molecule has 0 fully saturated rings. The minimum Gasteiger partial charge on any atom is -0.392 e. The third kappa shape index (κ3) is 7.38. The number of hydrogen-bond acceptors (Lipinski definition) is 1. The Hall–Kier alpha value is -0.560. The van der Waals surface area contributed by atoms with Gasteiger partial charge in [0, 0.05) is 0 Å². The monoisotopic (exact) mass is 238 g/mol. The lowest BCUT2D eigenvalue weighted by Crippen LogP contribution is -2.07. The molecule has 0 aliphatic carbocycles. The molecule has 0 amide bonds. The van der Waals surface area contributed by atoms with Crippen molar-refractivity contribution >= 4 is 0 Å². The van der Waals surface area contributed by atoms with E-state index in [4.69, 9.17) is 5.11 Å². The van der Waals surface area contributed by atoms with Crippen molar-refractivity contribution in [3.63, 3.8) is 0 Å². The van der Waals surface area contributed by atoms with Crippen molar-refractivity contribution < 1.29 is 5.11 Å². The molecule has 0 bridgehead atoms. The second kappa shape index (κ2) is 9.47. The maximum atomic E-state index is 8.91. The molecule has 1 nitrogen and oxygen atoms in total. The second-order valence-corrected chi connectivity index (χ2v) is 5.31. The van der Waals surface area contributed by atoms with Gasteiger partial charge in [-0.25, -0.2) is 0 Å². The van der Waals surface area contributed by atoms with Gasteiger partial charge in [-0.05, 0) is 38.0 Å². The topological polar surface area (TPSA) is 20.2 Å². The molecule has 100 valence electrons. The molecule has 0 spiro atoms. The Bertz CT molecular complexity index is 240. The zero-order valence-corrected chi connectivity index (χ0v) is 12.1. The third-order valence-corrected chi connectivity index (χ3v) is 3.60. The molecule has 0 radical (unpaired) electrons. The van der Waals surface area contributed by atoms with E-state index < -0.39 is 0 Å². The fourth-order valence-corrected chi connectivity index (χ4v) is 2.01. The van der Waals surface area contributed by atoms with Crippen molar-refractivity contribution in [1.82, 2.24) is 0 Å². The first-order chi connectivity index (χ1) is 8.02. The summed E-state index contributed by atoms with van der Waals surface area (Å²) in [6.45, 7) is 13.2. The van der Waals surface area contributed by atoms with E-state index >= 15 is 0 Å². The standard InChI is InChI=1S/C16H30O/c1-6-7-10-14(3)16(5)15(4)11-8-9-13(2)12-17/h9,14-15,17H,5-8,10-12H2,1-4H3/b13-9-/t14-,15?/m0/s1. The summed E-state index contributed by atoms with van der Waals surface area (Å²) >= 11 is 0. The minimum atomic E-state index is 0.183. The summed E-state index contributed by atoms with van der Waals surface area (Å²) < 4.78 is 0. The van der Waals surface area contributed by atoms with Crippen molar-refractivity contribution in [2.45, 2.75) is 59.8 Å². The van der Waals surface area contributed by atoms with Gasteiger partial charge < -0.3 is 5.11 Å². The van der Waals surface area contributed by atoms with Gasteiger partial charge in [0.25, 0.3) is 0 Å². The molecular weight excluding hydrogens is 208 g/mol. The summed E-state index contributed by atoms with van der Waals surface area (Å²) in [5.41, 5.74) is 2.47. The zero-order chi connectivity index (χ0) is 13.3. The van der Waals surface area contributed by atoms with Gasteiger partial charge in [-0.3, -0.25) is 0 Å². The maximum absolute atomic E-state index is 8.91. The maximum Gasteiger partial charge on any atom is 0.0639 e. The van der Waals surface area contributed by atoms with E-state index in [1.165, 1.54) is 24.8 Å². The lowest BCUT2D eigenvalue weighted by atomic mass is 9.85. The molecule has 1 unspecified atom stereocenters. The number of unbranched alkanes of at least 4 members (excludes halogenated alkanes) is 1. The highest BCUT2D eigenvalue weighted by molar-refractivity contribution is 5.05. The van der Waals surface area contributed by atoms with Crippen molar-refractivity contribution in [1.29, 1.82) is 0 Å². The molecule has 0 saturated heterocycles. The number of allylic oxidation sites excluding steroid dienone is 2. The fourth-order valence-electron chi connectivity index (χ4n) is 2.01. The highest BCUT2D eigenvalue weighted by atomic mass is 16.3. The molecular formula is C16H30O. The van der Waals surface area contributed by atoms with Crippen LogP contribution in [0.4, 0.5) is 0 Å². The zero-order valence-electron chi connectivity index (χ0n) is 12.1. The lowest BCUT2D eigenvalue weighted by Gasteiger charge is -2.20. The number of aliphatic hydroxyl groups is 1. The highest BCUT2D eigenvalue weighted by Gasteiger charge is 2.12. The van der Waals surface area contributed by atoms with Crippen LogP contribution in [0.5, 0.6) is 0 Å². The molecule has 0 rings (SSSR count). The summed E-state index contributed by atoms with van der Waals surface area (Å²) in [4.78, 5) is 0. The van der Waals surface area contributed by atoms with E-state index in [1.54, 1.807) is 0 Å². The van der Waals surface area contributed by atoms with Gasteiger partial charge in [-0.15, -0.1) is 0 Å². The van der Waals surface area contributed by atoms with E-state index in [0.29, 0.717) is 11.8 Å². The Morgan fingerprint density at radius 2 is 1.82 bits per heavy atom. The Morgan fingerprint density at radius 3 is 2.35 bits per heavy atom. The van der Waals surface area contributed by atoms with Gasteiger partial charge in [-0.2, -0.15) is 0 Å². The average Bonchev–Trinajstić information content (AvgIpc) is 2.34. The van der Waals surface area contributed by atoms with Gasteiger partial charge in [0.1, 0.15) is 0 Å². The SMILES string of the molecule is C=C(C(C)CC/C=C(/C)CO)[C@@H](C)CCCC. The average molecular weight is 238 g/mol. The highest BCUT2D eigenvalue weighted by Crippen LogP contribution is 2.26.